The Hall–Kier alpha value is -3.86. The number of carboxylic acids is 1. The lowest BCUT2D eigenvalue weighted by Crippen LogP contribution is -2.42. The average Bonchev–Trinajstić information content (AvgIpc) is 3.22. The standard InChI is InChI=1S/C27H26N2O3/c1-27(2,20-10-4-3-5-11-20)21-12-8-9-18(15-21)25(30)29-24(26(31)32)16-19-17-28-23-14-7-6-13-22(19)23/h3-15,17,24,28H,16H2,1-2H3,(H,29,30)(H,31,32). The molecule has 1 amide bonds. The van der Waals surface area contributed by atoms with Crippen molar-refractivity contribution in [2.24, 2.45) is 0 Å². The lowest BCUT2D eigenvalue weighted by atomic mass is 9.78. The van der Waals surface area contributed by atoms with Gasteiger partial charge >= 0.3 is 5.97 Å². The molecule has 0 spiro atoms. The number of hydrogen-bond acceptors (Lipinski definition) is 2. The van der Waals surface area contributed by atoms with Gasteiger partial charge in [0.15, 0.2) is 0 Å². The molecule has 0 aliphatic heterocycles. The van der Waals surface area contributed by atoms with E-state index >= 15 is 0 Å². The highest BCUT2D eigenvalue weighted by Gasteiger charge is 2.26. The molecule has 4 rings (SSSR count). The summed E-state index contributed by atoms with van der Waals surface area (Å²) in [7, 11) is 0. The van der Waals surface area contributed by atoms with Crippen LogP contribution >= 0.6 is 0 Å². The van der Waals surface area contributed by atoms with Crippen LogP contribution in [0.15, 0.2) is 85.1 Å². The van der Waals surface area contributed by atoms with Gasteiger partial charge < -0.3 is 15.4 Å². The Morgan fingerprint density at radius 2 is 1.62 bits per heavy atom. The second kappa shape index (κ2) is 8.71. The highest BCUT2D eigenvalue weighted by Crippen LogP contribution is 2.31. The summed E-state index contributed by atoms with van der Waals surface area (Å²) in [5, 5.41) is 13.4. The molecule has 0 aliphatic carbocycles. The molecular weight excluding hydrogens is 400 g/mol. The van der Waals surface area contributed by atoms with Crippen molar-refractivity contribution >= 4 is 22.8 Å². The van der Waals surface area contributed by atoms with E-state index in [4.69, 9.17) is 0 Å². The van der Waals surface area contributed by atoms with Crippen molar-refractivity contribution in [1.82, 2.24) is 10.3 Å². The van der Waals surface area contributed by atoms with Crippen molar-refractivity contribution in [2.45, 2.75) is 31.7 Å². The van der Waals surface area contributed by atoms with Crippen LogP contribution in [0.3, 0.4) is 0 Å². The molecule has 5 heteroatoms. The zero-order valence-corrected chi connectivity index (χ0v) is 18.1. The van der Waals surface area contributed by atoms with Gasteiger partial charge in [-0.15, -0.1) is 0 Å². The topological polar surface area (TPSA) is 82.2 Å². The first kappa shape index (κ1) is 21.4. The molecular formula is C27H26N2O3. The zero-order valence-electron chi connectivity index (χ0n) is 18.1. The molecule has 0 saturated heterocycles. The van der Waals surface area contributed by atoms with Crippen LogP contribution < -0.4 is 5.32 Å². The molecule has 4 aromatic rings. The number of benzene rings is 3. The number of aromatic nitrogens is 1. The number of H-pyrrole nitrogens is 1. The number of carbonyl (C=O) groups excluding carboxylic acids is 1. The number of fused-ring (bicyclic) bond motifs is 1. The molecule has 1 unspecified atom stereocenters. The number of aliphatic carboxylic acids is 1. The normalized spacial score (nSPS) is 12.4. The molecule has 0 radical (unpaired) electrons. The summed E-state index contributed by atoms with van der Waals surface area (Å²) < 4.78 is 0. The largest absolute Gasteiger partial charge is 0.480 e. The summed E-state index contributed by atoms with van der Waals surface area (Å²) in [6.45, 7) is 4.22. The van der Waals surface area contributed by atoms with E-state index in [0.717, 1.165) is 27.6 Å². The number of rotatable bonds is 7. The summed E-state index contributed by atoms with van der Waals surface area (Å²) >= 11 is 0. The summed E-state index contributed by atoms with van der Waals surface area (Å²) in [5.74, 6) is -1.47. The molecule has 3 N–H and O–H groups in total. The lowest BCUT2D eigenvalue weighted by molar-refractivity contribution is -0.139. The van der Waals surface area contributed by atoms with Crippen LogP contribution in [0.1, 0.15) is 40.9 Å². The molecule has 0 fully saturated rings. The minimum Gasteiger partial charge on any atom is -0.480 e. The van der Waals surface area contributed by atoms with Crippen LogP contribution in [0.4, 0.5) is 0 Å². The molecule has 0 saturated carbocycles. The van der Waals surface area contributed by atoms with E-state index in [0.29, 0.717) is 5.56 Å². The second-order valence-corrected chi connectivity index (χ2v) is 8.50. The highest BCUT2D eigenvalue weighted by atomic mass is 16.4. The van der Waals surface area contributed by atoms with Gasteiger partial charge in [0.2, 0.25) is 0 Å². The number of nitrogens with one attached hydrogen (secondary N) is 2. The van der Waals surface area contributed by atoms with Gasteiger partial charge in [-0.25, -0.2) is 4.79 Å². The number of hydrogen-bond donors (Lipinski definition) is 3. The number of carboxylic acid groups (broad SMARTS) is 1. The zero-order chi connectivity index (χ0) is 22.7. The Bertz CT molecular complexity index is 1260. The molecule has 1 aromatic heterocycles. The monoisotopic (exact) mass is 426 g/mol. The first-order valence-corrected chi connectivity index (χ1v) is 10.6. The van der Waals surface area contributed by atoms with Crippen molar-refractivity contribution in [3.05, 3.63) is 107 Å². The maximum atomic E-state index is 13.0. The van der Waals surface area contributed by atoms with Gasteiger partial charge in [0.25, 0.3) is 5.91 Å². The third-order valence-corrected chi connectivity index (χ3v) is 6.04. The lowest BCUT2D eigenvalue weighted by Gasteiger charge is -2.26. The maximum absolute atomic E-state index is 13.0. The Balaban J connectivity index is 1.56. The van der Waals surface area contributed by atoms with Crippen molar-refractivity contribution < 1.29 is 14.7 Å². The van der Waals surface area contributed by atoms with Crippen molar-refractivity contribution in [3.63, 3.8) is 0 Å². The van der Waals surface area contributed by atoms with E-state index in [-0.39, 0.29) is 11.8 Å². The fourth-order valence-electron chi connectivity index (χ4n) is 4.03. The first-order valence-electron chi connectivity index (χ1n) is 10.6. The number of amides is 1. The van der Waals surface area contributed by atoms with E-state index in [1.54, 1.807) is 12.3 Å². The predicted octanol–water partition coefficient (Wildman–Crippen LogP) is 4.92. The molecule has 0 bridgehead atoms. The maximum Gasteiger partial charge on any atom is 0.326 e. The Labute approximate surface area is 187 Å². The van der Waals surface area contributed by atoms with Crippen LogP contribution in [-0.2, 0) is 16.6 Å². The Kier molecular flexibility index (Phi) is 5.82. The van der Waals surface area contributed by atoms with Crippen LogP contribution in [0.5, 0.6) is 0 Å². The van der Waals surface area contributed by atoms with Crippen molar-refractivity contribution in [2.75, 3.05) is 0 Å². The summed E-state index contributed by atoms with van der Waals surface area (Å²) in [5.41, 5.74) is 4.06. The fraction of sp³-hybridized carbons (Fsp3) is 0.185. The quantitative estimate of drug-likeness (QED) is 0.392. The molecule has 3 aromatic carbocycles. The third-order valence-electron chi connectivity index (χ3n) is 6.04. The Morgan fingerprint density at radius 3 is 2.38 bits per heavy atom. The third kappa shape index (κ3) is 4.28. The second-order valence-electron chi connectivity index (χ2n) is 8.50. The molecule has 1 heterocycles. The number of carbonyl (C=O) groups is 2. The molecule has 1 atom stereocenters. The van der Waals surface area contributed by atoms with E-state index in [2.05, 4.69) is 36.3 Å². The number of aromatic amines is 1. The fourth-order valence-corrected chi connectivity index (χ4v) is 4.03. The Morgan fingerprint density at radius 1 is 0.938 bits per heavy atom. The molecule has 0 aliphatic rings. The van der Waals surface area contributed by atoms with Gasteiger partial charge in [0.1, 0.15) is 6.04 Å². The van der Waals surface area contributed by atoms with E-state index in [1.165, 1.54) is 0 Å². The smallest absolute Gasteiger partial charge is 0.326 e. The van der Waals surface area contributed by atoms with E-state index < -0.39 is 17.9 Å². The predicted molar refractivity (Wildman–Crippen MR) is 126 cm³/mol. The molecule has 162 valence electrons. The van der Waals surface area contributed by atoms with Crippen LogP contribution in [0.25, 0.3) is 10.9 Å². The van der Waals surface area contributed by atoms with Gasteiger partial charge in [-0.1, -0.05) is 74.5 Å². The van der Waals surface area contributed by atoms with Crippen LogP contribution in [0.2, 0.25) is 0 Å². The minimum atomic E-state index is -1.07. The number of para-hydroxylation sites is 1. The van der Waals surface area contributed by atoms with Crippen LogP contribution in [-0.4, -0.2) is 28.0 Å². The highest BCUT2D eigenvalue weighted by molar-refractivity contribution is 5.97. The van der Waals surface area contributed by atoms with E-state index in [9.17, 15) is 14.7 Å². The van der Waals surface area contributed by atoms with Gasteiger partial charge in [0.05, 0.1) is 0 Å². The average molecular weight is 427 g/mol. The van der Waals surface area contributed by atoms with Crippen molar-refractivity contribution in [1.29, 1.82) is 0 Å². The van der Waals surface area contributed by atoms with Gasteiger partial charge in [-0.3, -0.25) is 4.79 Å². The summed E-state index contributed by atoms with van der Waals surface area (Å²) in [4.78, 5) is 28.1. The summed E-state index contributed by atoms with van der Waals surface area (Å²) in [6, 6.07) is 24.2. The SMILES string of the molecule is CC(C)(c1ccccc1)c1cccc(C(=O)NC(Cc2c[nH]c3ccccc23)C(=O)O)c1. The molecule has 5 nitrogen and oxygen atoms in total. The van der Waals surface area contributed by atoms with Gasteiger partial charge in [-0.2, -0.15) is 0 Å². The molecule has 32 heavy (non-hydrogen) atoms. The minimum absolute atomic E-state index is 0.195. The van der Waals surface area contributed by atoms with E-state index in [1.807, 2.05) is 60.7 Å². The summed E-state index contributed by atoms with van der Waals surface area (Å²) in [6.07, 6.45) is 2.00. The first-order chi connectivity index (χ1) is 15.4. The van der Waals surface area contributed by atoms with Gasteiger partial charge in [0, 0.05) is 34.5 Å². The van der Waals surface area contributed by atoms with Gasteiger partial charge in [-0.05, 0) is 34.9 Å². The van der Waals surface area contributed by atoms with Crippen LogP contribution in [0, 0.1) is 0 Å². The van der Waals surface area contributed by atoms with Crippen molar-refractivity contribution in [3.8, 4) is 0 Å².